The van der Waals surface area contributed by atoms with Crippen LogP contribution in [0.3, 0.4) is 0 Å². The fourth-order valence-corrected chi connectivity index (χ4v) is 5.70. The second kappa shape index (κ2) is 8.83. The van der Waals surface area contributed by atoms with E-state index in [-0.39, 0.29) is 30.0 Å². The second-order valence-electron chi connectivity index (χ2n) is 8.85. The first-order valence-electron chi connectivity index (χ1n) is 11.3. The van der Waals surface area contributed by atoms with Gasteiger partial charge >= 0.3 is 5.97 Å². The third-order valence-corrected chi connectivity index (χ3v) is 7.09. The minimum Gasteiger partial charge on any atom is -0.465 e. The minimum absolute atomic E-state index is 0.0507. The number of nitrogens with one attached hydrogen (secondary N) is 1. The number of aryl methyl sites for hydroxylation is 2. The average Bonchev–Trinajstić information content (AvgIpc) is 3.27. The van der Waals surface area contributed by atoms with E-state index in [1.165, 1.54) is 0 Å². The number of carbonyl (C=O) groups excluding carboxylic acids is 2. The predicted octanol–water partition coefficient (Wildman–Crippen LogP) is 4.33. The zero-order chi connectivity index (χ0) is 22.0. The van der Waals surface area contributed by atoms with Gasteiger partial charge in [0.15, 0.2) is 0 Å². The molecule has 0 aliphatic carbocycles. The topological polar surface area (TPSA) is 58.6 Å². The summed E-state index contributed by atoms with van der Waals surface area (Å²) < 4.78 is 5.27. The Morgan fingerprint density at radius 3 is 2.32 bits per heavy atom. The van der Waals surface area contributed by atoms with Crippen molar-refractivity contribution in [2.24, 2.45) is 0 Å². The molecular formula is C26H32N2O3. The number of carbonyl (C=O) groups is 2. The molecule has 2 heterocycles. The van der Waals surface area contributed by atoms with E-state index in [0.29, 0.717) is 12.6 Å². The zero-order valence-corrected chi connectivity index (χ0v) is 18.7. The summed E-state index contributed by atoms with van der Waals surface area (Å²) in [7, 11) is 0. The number of amides is 1. The van der Waals surface area contributed by atoms with Crippen LogP contribution in [-0.2, 0) is 9.53 Å². The predicted molar refractivity (Wildman–Crippen MR) is 121 cm³/mol. The van der Waals surface area contributed by atoms with E-state index in [9.17, 15) is 9.59 Å². The van der Waals surface area contributed by atoms with Crippen molar-refractivity contribution in [2.75, 3.05) is 13.2 Å². The number of hydrogen-bond donors (Lipinski definition) is 1. The molecule has 2 fully saturated rings. The first-order chi connectivity index (χ1) is 15.0. The first kappa shape index (κ1) is 21.6. The Labute approximate surface area is 184 Å². The monoisotopic (exact) mass is 420 g/mol. The highest BCUT2D eigenvalue weighted by Gasteiger charge is 2.57. The molecule has 0 aromatic heterocycles. The van der Waals surface area contributed by atoms with Crippen molar-refractivity contribution in [1.82, 2.24) is 10.2 Å². The van der Waals surface area contributed by atoms with Crippen LogP contribution in [-0.4, -0.2) is 41.5 Å². The molecule has 164 valence electrons. The van der Waals surface area contributed by atoms with Crippen LogP contribution in [0, 0.1) is 13.8 Å². The molecule has 1 atom stereocenters. The van der Waals surface area contributed by atoms with Crippen LogP contribution in [0.15, 0.2) is 48.5 Å². The van der Waals surface area contributed by atoms with Crippen molar-refractivity contribution in [1.29, 1.82) is 0 Å². The molecule has 0 unspecified atom stereocenters. The maximum atomic E-state index is 13.5. The van der Waals surface area contributed by atoms with Gasteiger partial charge in [0, 0.05) is 17.1 Å². The van der Waals surface area contributed by atoms with E-state index < -0.39 is 0 Å². The van der Waals surface area contributed by atoms with Crippen LogP contribution >= 0.6 is 0 Å². The number of hydrogen-bond acceptors (Lipinski definition) is 4. The van der Waals surface area contributed by atoms with Crippen molar-refractivity contribution in [3.05, 3.63) is 70.8 Å². The molecule has 5 nitrogen and oxygen atoms in total. The van der Waals surface area contributed by atoms with Gasteiger partial charge in [-0.05, 0) is 63.1 Å². The highest BCUT2D eigenvalue weighted by Crippen LogP contribution is 2.52. The summed E-state index contributed by atoms with van der Waals surface area (Å²) in [4.78, 5) is 28.2. The van der Waals surface area contributed by atoms with Gasteiger partial charge in [-0.3, -0.25) is 14.5 Å². The number of rotatable bonds is 7. The lowest BCUT2D eigenvalue weighted by molar-refractivity contribution is -0.145. The quantitative estimate of drug-likeness (QED) is 0.677. The molecule has 0 saturated carbocycles. The Balaban J connectivity index is 1.70. The van der Waals surface area contributed by atoms with Crippen LogP contribution in [0.4, 0.5) is 0 Å². The molecule has 2 bridgehead atoms. The van der Waals surface area contributed by atoms with Crippen molar-refractivity contribution >= 4 is 11.9 Å². The molecule has 0 radical (unpaired) electrons. The highest BCUT2D eigenvalue weighted by molar-refractivity contribution is 5.97. The first-order valence-corrected chi connectivity index (χ1v) is 11.3. The summed E-state index contributed by atoms with van der Waals surface area (Å²) in [5.74, 6) is -0.237. The number of nitrogens with zero attached hydrogens (tertiary/aromatic N) is 1. The van der Waals surface area contributed by atoms with Crippen LogP contribution < -0.4 is 5.32 Å². The smallest absolute Gasteiger partial charge is 0.320 e. The summed E-state index contributed by atoms with van der Waals surface area (Å²) in [6.07, 6.45) is 4.01. The van der Waals surface area contributed by atoms with Gasteiger partial charge in [0.25, 0.3) is 5.91 Å². The number of benzene rings is 2. The molecule has 2 saturated heterocycles. The maximum absolute atomic E-state index is 13.5. The van der Waals surface area contributed by atoms with Gasteiger partial charge in [0.05, 0.1) is 19.2 Å². The molecule has 2 aliphatic rings. The number of fused-ring (bicyclic) bond motifs is 2. The molecule has 2 aromatic carbocycles. The van der Waals surface area contributed by atoms with Crippen LogP contribution in [0.25, 0.3) is 0 Å². The summed E-state index contributed by atoms with van der Waals surface area (Å²) in [6, 6.07) is 16.3. The SMILES string of the molecule is CCOC(=O)CN1C2CCC1([C@H](NC(=O)c1c(C)cccc1C)c1ccccc1)CC2. The fraction of sp³-hybridized carbons (Fsp3) is 0.462. The van der Waals surface area contributed by atoms with E-state index in [0.717, 1.165) is 47.9 Å². The average molecular weight is 421 g/mol. The summed E-state index contributed by atoms with van der Waals surface area (Å²) in [5.41, 5.74) is 3.50. The fourth-order valence-electron chi connectivity index (χ4n) is 5.70. The molecule has 5 heteroatoms. The molecule has 0 spiro atoms. The van der Waals surface area contributed by atoms with Gasteiger partial charge < -0.3 is 10.1 Å². The number of esters is 1. The Morgan fingerprint density at radius 1 is 1.06 bits per heavy atom. The van der Waals surface area contributed by atoms with Gasteiger partial charge in [-0.2, -0.15) is 0 Å². The van der Waals surface area contributed by atoms with Crippen molar-refractivity contribution < 1.29 is 14.3 Å². The lowest BCUT2D eigenvalue weighted by Gasteiger charge is -2.42. The van der Waals surface area contributed by atoms with Crippen LogP contribution in [0.5, 0.6) is 0 Å². The molecule has 2 aromatic rings. The zero-order valence-electron chi connectivity index (χ0n) is 18.7. The Hall–Kier alpha value is -2.66. The molecule has 31 heavy (non-hydrogen) atoms. The third-order valence-electron chi connectivity index (χ3n) is 7.09. The Kier molecular flexibility index (Phi) is 6.15. The molecular weight excluding hydrogens is 388 g/mol. The van der Waals surface area contributed by atoms with Gasteiger partial charge in [0.1, 0.15) is 0 Å². The third kappa shape index (κ3) is 3.99. The molecule has 1 N–H and O–H groups in total. The standard InChI is InChI=1S/C26H32N2O3/c1-4-31-22(29)17-28-21-13-15-26(28,16-14-21)24(20-11-6-5-7-12-20)27-25(30)23-18(2)9-8-10-19(23)3/h5-12,21,24H,4,13-17H2,1-3H3,(H,27,30)/t21?,24-,26?/m1/s1. The van der Waals surface area contributed by atoms with Crippen molar-refractivity contribution in [2.45, 2.75) is 64.1 Å². The largest absolute Gasteiger partial charge is 0.465 e. The van der Waals surface area contributed by atoms with Crippen LogP contribution in [0.1, 0.15) is 65.7 Å². The minimum atomic E-state index is -0.273. The normalized spacial score (nSPS) is 23.5. The lowest BCUT2D eigenvalue weighted by Crippen LogP contribution is -2.53. The van der Waals surface area contributed by atoms with Gasteiger partial charge in [0.2, 0.25) is 0 Å². The highest BCUT2D eigenvalue weighted by atomic mass is 16.5. The van der Waals surface area contributed by atoms with Crippen molar-refractivity contribution in [3.8, 4) is 0 Å². The Bertz CT molecular complexity index is 928. The summed E-state index contributed by atoms with van der Waals surface area (Å²) in [5, 5.41) is 3.39. The second-order valence-corrected chi connectivity index (χ2v) is 8.85. The van der Waals surface area contributed by atoms with Gasteiger partial charge in [-0.1, -0.05) is 48.5 Å². The van der Waals surface area contributed by atoms with Gasteiger partial charge in [-0.25, -0.2) is 0 Å². The van der Waals surface area contributed by atoms with Gasteiger partial charge in [-0.15, -0.1) is 0 Å². The molecule has 2 aliphatic heterocycles. The lowest BCUT2D eigenvalue weighted by atomic mass is 9.78. The van der Waals surface area contributed by atoms with Crippen molar-refractivity contribution in [3.63, 3.8) is 0 Å². The van der Waals surface area contributed by atoms with E-state index in [1.807, 2.05) is 57.2 Å². The van der Waals surface area contributed by atoms with E-state index in [2.05, 4.69) is 22.3 Å². The summed E-state index contributed by atoms with van der Waals surface area (Å²) in [6.45, 7) is 6.46. The summed E-state index contributed by atoms with van der Waals surface area (Å²) >= 11 is 0. The van der Waals surface area contributed by atoms with E-state index >= 15 is 0 Å². The number of ether oxygens (including phenoxy) is 1. The van der Waals surface area contributed by atoms with E-state index in [1.54, 1.807) is 0 Å². The van der Waals surface area contributed by atoms with E-state index in [4.69, 9.17) is 4.74 Å². The molecule has 4 rings (SSSR count). The van der Waals surface area contributed by atoms with Crippen LogP contribution in [0.2, 0.25) is 0 Å². The Morgan fingerprint density at radius 2 is 1.71 bits per heavy atom. The molecule has 1 amide bonds. The maximum Gasteiger partial charge on any atom is 0.320 e.